The monoisotopic (exact) mass is 311 g/mol. The molecule has 6 nitrogen and oxygen atoms in total. The topological polar surface area (TPSA) is 75.5 Å². The molecular weight excluding hydrogens is 294 g/mol. The molecule has 1 fully saturated rings. The van der Waals surface area contributed by atoms with Gasteiger partial charge < -0.3 is 10.2 Å². The number of nitrogens with zero attached hydrogens (tertiary/aromatic N) is 2. The molecule has 2 rings (SSSR count). The molecule has 0 radical (unpaired) electrons. The van der Waals surface area contributed by atoms with E-state index in [1.165, 1.54) is 6.07 Å². The van der Waals surface area contributed by atoms with Gasteiger partial charge in [-0.15, -0.1) is 0 Å². The number of nitro benzene ring substituents is 1. The van der Waals surface area contributed by atoms with E-state index in [9.17, 15) is 14.9 Å². The number of carbonyl (C=O) groups is 1. The normalized spacial score (nSPS) is 16.0. The predicted molar refractivity (Wildman–Crippen MR) is 80.2 cm³/mol. The number of amides is 1. The van der Waals surface area contributed by atoms with Crippen molar-refractivity contribution in [2.45, 2.75) is 32.4 Å². The molecule has 1 atom stereocenters. The fraction of sp³-hybridized carbons (Fsp3) is 0.500. The molecule has 1 unspecified atom stereocenters. The molecule has 0 saturated carbocycles. The third kappa shape index (κ3) is 3.92. The van der Waals surface area contributed by atoms with E-state index in [1.807, 2.05) is 4.90 Å². The van der Waals surface area contributed by atoms with E-state index in [0.717, 1.165) is 25.9 Å². The van der Waals surface area contributed by atoms with Crippen molar-refractivity contribution in [1.29, 1.82) is 0 Å². The second-order valence-electron chi connectivity index (χ2n) is 5.17. The first-order valence-corrected chi connectivity index (χ1v) is 7.32. The van der Waals surface area contributed by atoms with Crippen LogP contribution in [0.1, 0.15) is 25.3 Å². The SMILES string of the molecule is CC(NCc1ccc(Cl)cc1[N+](=O)[O-])C(=O)N1CCCC1. The molecule has 1 amide bonds. The summed E-state index contributed by atoms with van der Waals surface area (Å²) in [7, 11) is 0. The molecule has 0 spiro atoms. The summed E-state index contributed by atoms with van der Waals surface area (Å²) in [5.41, 5.74) is 0.487. The first-order chi connectivity index (χ1) is 9.99. The summed E-state index contributed by atoms with van der Waals surface area (Å²) in [6.45, 7) is 3.63. The van der Waals surface area contributed by atoms with Crippen molar-refractivity contribution in [3.05, 3.63) is 38.9 Å². The Kier molecular flexibility index (Phi) is 5.14. The minimum Gasteiger partial charge on any atom is -0.341 e. The first-order valence-electron chi connectivity index (χ1n) is 6.94. The Bertz CT molecular complexity index is 544. The van der Waals surface area contributed by atoms with Gasteiger partial charge in [0, 0.05) is 36.3 Å². The van der Waals surface area contributed by atoms with Crippen molar-refractivity contribution in [2.24, 2.45) is 0 Å². The maximum absolute atomic E-state index is 12.1. The zero-order valence-corrected chi connectivity index (χ0v) is 12.6. The van der Waals surface area contributed by atoms with Gasteiger partial charge in [0.05, 0.1) is 11.0 Å². The smallest absolute Gasteiger partial charge is 0.275 e. The molecule has 1 aliphatic heterocycles. The lowest BCUT2D eigenvalue weighted by molar-refractivity contribution is -0.385. The summed E-state index contributed by atoms with van der Waals surface area (Å²) in [5.74, 6) is 0.0455. The highest BCUT2D eigenvalue weighted by molar-refractivity contribution is 6.30. The molecule has 1 aliphatic rings. The van der Waals surface area contributed by atoms with E-state index in [-0.39, 0.29) is 24.2 Å². The molecule has 114 valence electrons. The first kappa shape index (κ1) is 15.7. The van der Waals surface area contributed by atoms with Crippen molar-refractivity contribution in [2.75, 3.05) is 13.1 Å². The molecule has 0 bridgehead atoms. The van der Waals surface area contributed by atoms with Crippen molar-refractivity contribution >= 4 is 23.2 Å². The maximum Gasteiger partial charge on any atom is 0.275 e. The Morgan fingerprint density at radius 2 is 2.14 bits per heavy atom. The summed E-state index contributed by atoms with van der Waals surface area (Å²) in [6, 6.07) is 4.18. The van der Waals surface area contributed by atoms with Crippen LogP contribution < -0.4 is 5.32 Å². The van der Waals surface area contributed by atoms with Crippen LogP contribution in [0.2, 0.25) is 5.02 Å². The van der Waals surface area contributed by atoms with E-state index in [2.05, 4.69) is 5.32 Å². The van der Waals surface area contributed by atoms with Gasteiger partial charge in [-0.3, -0.25) is 14.9 Å². The van der Waals surface area contributed by atoms with Crippen LogP contribution in [0.3, 0.4) is 0 Å². The minimum absolute atomic E-state index is 0.0316. The highest BCUT2D eigenvalue weighted by Gasteiger charge is 2.23. The number of nitrogens with one attached hydrogen (secondary N) is 1. The molecule has 1 heterocycles. The van der Waals surface area contributed by atoms with E-state index in [0.29, 0.717) is 10.6 Å². The summed E-state index contributed by atoms with van der Waals surface area (Å²) < 4.78 is 0. The fourth-order valence-electron chi connectivity index (χ4n) is 2.42. The Morgan fingerprint density at radius 1 is 1.48 bits per heavy atom. The largest absolute Gasteiger partial charge is 0.341 e. The second kappa shape index (κ2) is 6.87. The molecule has 0 aliphatic carbocycles. The van der Waals surface area contributed by atoms with Gasteiger partial charge in [0.2, 0.25) is 5.91 Å². The Balaban J connectivity index is 1.99. The third-order valence-electron chi connectivity index (χ3n) is 3.63. The van der Waals surface area contributed by atoms with Gasteiger partial charge in [-0.25, -0.2) is 0 Å². The zero-order chi connectivity index (χ0) is 15.4. The van der Waals surface area contributed by atoms with E-state index in [4.69, 9.17) is 11.6 Å². The van der Waals surface area contributed by atoms with Crippen LogP contribution in [0.25, 0.3) is 0 Å². The van der Waals surface area contributed by atoms with Gasteiger partial charge >= 0.3 is 0 Å². The number of nitro groups is 1. The highest BCUT2D eigenvalue weighted by atomic mass is 35.5. The molecule has 21 heavy (non-hydrogen) atoms. The van der Waals surface area contributed by atoms with Crippen molar-refractivity contribution in [1.82, 2.24) is 10.2 Å². The highest BCUT2D eigenvalue weighted by Crippen LogP contribution is 2.23. The number of hydrogen-bond donors (Lipinski definition) is 1. The van der Waals surface area contributed by atoms with Gasteiger partial charge in [-0.1, -0.05) is 11.6 Å². The van der Waals surface area contributed by atoms with E-state index < -0.39 is 4.92 Å². The number of rotatable bonds is 5. The van der Waals surface area contributed by atoms with Crippen LogP contribution >= 0.6 is 11.6 Å². The standard InChI is InChI=1S/C14H18ClN3O3/c1-10(14(19)17-6-2-3-7-17)16-9-11-4-5-12(15)8-13(11)18(20)21/h4-5,8,10,16H,2-3,6-7,9H2,1H3. The summed E-state index contributed by atoms with van der Waals surface area (Å²) >= 11 is 5.77. The summed E-state index contributed by atoms with van der Waals surface area (Å²) in [5, 5.41) is 14.4. The second-order valence-corrected chi connectivity index (χ2v) is 5.60. The predicted octanol–water partition coefficient (Wildman–Crippen LogP) is 2.35. The summed E-state index contributed by atoms with van der Waals surface area (Å²) in [4.78, 5) is 24.5. The number of hydrogen-bond acceptors (Lipinski definition) is 4. The van der Waals surface area contributed by atoms with Gasteiger partial charge in [0.1, 0.15) is 0 Å². The molecule has 1 saturated heterocycles. The number of benzene rings is 1. The van der Waals surface area contributed by atoms with Crippen LogP contribution in [-0.2, 0) is 11.3 Å². The van der Waals surface area contributed by atoms with E-state index >= 15 is 0 Å². The quantitative estimate of drug-likeness (QED) is 0.669. The lowest BCUT2D eigenvalue weighted by Crippen LogP contribution is -2.43. The fourth-order valence-corrected chi connectivity index (χ4v) is 2.58. The number of halogens is 1. The molecular formula is C14H18ClN3O3. The molecule has 1 aromatic carbocycles. The Morgan fingerprint density at radius 3 is 2.76 bits per heavy atom. The molecule has 1 N–H and O–H groups in total. The van der Waals surface area contributed by atoms with Gasteiger partial charge in [0.25, 0.3) is 5.69 Å². The van der Waals surface area contributed by atoms with Crippen molar-refractivity contribution in [3.8, 4) is 0 Å². The van der Waals surface area contributed by atoms with Crippen LogP contribution in [-0.4, -0.2) is 34.9 Å². The Hall–Kier alpha value is -1.66. The van der Waals surface area contributed by atoms with Crippen LogP contribution in [0.5, 0.6) is 0 Å². The van der Waals surface area contributed by atoms with Gasteiger partial charge in [-0.2, -0.15) is 0 Å². The third-order valence-corrected chi connectivity index (χ3v) is 3.87. The molecule has 7 heteroatoms. The van der Waals surface area contributed by atoms with Crippen LogP contribution in [0, 0.1) is 10.1 Å². The Labute approximate surface area is 128 Å². The van der Waals surface area contributed by atoms with Crippen molar-refractivity contribution < 1.29 is 9.72 Å². The van der Waals surface area contributed by atoms with Gasteiger partial charge in [-0.05, 0) is 31.9 Å². The average molecular weight is 312 g/mol. The van der Waals surface area contributed by atoms with Crippen LogP contribution in [0.4, 0.5) is 5.69 Å². The van der Waals surface area contributed by atoms with Gasteiger partial charge in [0.15, 0.2) is 0 Å². The number of likely N-dealkylation sites (tertiary alicyclic amines) is 1. The zero-order valence-electron chi connectivity index (χ0n) is 11.8. The maximum atomic E-state index is 12.1. The van der Waals surface area contributed by atoms with Crippen LogP contribution in [0.15, 0.2) is 18.2 Å². The lowest BCUT2D eigenvalue weighted by atomic mass is 10.1. The molecule has 1 aromatic rings. The van der Waals surface area contributed by atoms with E-state index in [1.54, 1.807) is 19.1 Å². The lowest BCUT2D eigenvalue weighted by Gasteiger charge is -2.21. The van der Waals surface area contributed by atoms with Crippen molar-refractivity contribution in [3.63, 3.8) is 0 Å². The number of carbonyl (C=O) groups excluding carboxylic acids is 1. The average Bonchev–Trinajstić information content (AvgIpc) is 2.98. The summed E-state index contributed by atoms with van der Waals surface area (Å²) in [6.07, 6.45) is 2.09. The minimum atomic E-state index is -0.462. The molecule has 0 aromatic heterocycles.